The van der Waals surface area contributed by atoms with E-state index in [-0.39, 0.29) is 17.3 Å². The Morgan fingerprint density at radius 2 is 2.00 bits per heavy atom. The third-order valence-electron chi connectivity index (χ3n) is 3.17. The van der Waals surface area contributed by atoms with E-state index in [1.54, 1.807) is 0 Å². The molecule has 2 aromatic rings. The van der Waals surface area contributed by atoms with Crippen LogP contribution >= 0.6 is 0 Å². The number of imidazole rings is 1. The van der Waals surface area contributed by atoms with Crippen LogP contribution in [0.1, 0.15) is 48.9 Å². The number of aryl methyl sites for hydroxylation is 1. The number of nitrogens with zero attached hydrogens (tertiary/aromatic N) is 5. The Morgan fingerprint density at radius 3 is 2.53 bits per heavy atom. The quantitative estimate of drug-likeness (QED) is 0.859. The Bertz CT molecular complexity index is 683. The first-order valence-electron chi connectivity index (χ1n) is 6.06. The van der Waals surface area contributed by atoms with Crippen molar-refractivity contribution in [3.63, 3.8) is 0 Å². The third-order valence-corrected chi connectivity index (χ3v) is 3.17. The Hall–Kier alpha value is -2.25. The average Bonchev–Trinajstić information content (AvgIpc) is 2.76. The molecule has 0 aliphatic heterocycles. The number of hydrogen-bond acceptors (Lipinski definition) is 5. The Morgan fingerprint density at radius 1 is 1.37 bits per heavy atom. The second-order valence-electron chi connectivity index (χ2n) is 4.29. The molecule has 0 unspecified atom stereocenters. The van der Waals surface area contributed by atoms with Gasteiger partial charge in [-0.05, 0) is 12.8 Å². The summed E-state index contributed by atoms with van der Waals surface area (Å²) < 4.78 is 2.31. The van der Waals surface area contributed by atoms with Crippen molar-refractivity contribution < 1.29 is 9.90 Å². The van der Waals surface area contributed by atoms with Crippen LogP contribution in [0, 0.1) is 0 Å². The number of fused-ring (bicyclic) bond motifs is 1. The molecule has 102 valence electrons. The summed E-state index contributed by atoms with van der Waals surface area (Å²) in [4.78, 5) is 27.4. The van der Waals surface area contributed by atoms with Gasteiger partial charge in [-0.1, -0.05) is 19.1 Å². The molecule has 2 rings (SSSR count). The van der Waals surface area contributed by atoms with Crippen molar-refractivity contribution in [3.8, 4) is 0 Å². The van der Waals surface area contributed by atoms with Gasteiger partial charge < -0.3 is 5.11 Å². The molecule has 0 saturated carbocycles. The summed E-state index contributed by atoms with van der Waals surface area (Å²) in [5.74, 6) is -0.761. The molecule has 0 aromatic carbocycles. The highest BCUT2D eigenvalue weighted by Gasteiger charge is 2.24. The van der Waals surface area contributed by atoms with Gasteiger partial charge in [0.25, 0.3) is 0 Å². The van der Waals surface area contributed by atoms with Crippen LogP contribution in [0.15, 0.2) is 4.79 Å². The van der Waals surface area contributed by atoms with E-state index in [4.69, 9.17) is 5.11 Å². The summed E-state index contributed by atoms with van der Waals surface area (Å²) >= 11 is 0. The molecule has 8 nitrogen and oxygen atoms in total. The van der Waals surface area contributed by atoms with Crippen molar-refractivity contribution >= 4 is 11.6 Å². The summed E-state index contributed by atoms with van der Waals surface area (Å²) in [7, 11) is 1.46. The van der Waals surface area contributed by atoms with E-state index in [9.17, 15) is 9.59 Å². The molecule has 0 spiro atoms. The van der Waals surface area contributed by atoms with Crippen LogP contribution in [0.5, 0.6) is 0 Å². The first kappa shape index (κ1) is 13.2. The van der Waals surface area contributed by atoms with Gasteiger partial charge in [0, 0.05) is 13.0 Å². The maximum Gasteiger partial charge on any atom is 0.358 e. The van der Waals surface area contributed by atoms with E-state index in [2.05, 4.69) is 15.3 Å². The molecule has 0 radical (unpaired) electrons. The molecular weight excluding hydrogens is 250 g/mol. The van der Waals surface area contributed by atoms with E-state index in [0.29, 0.717) is 5.82 Å². The van der Waals surface area contributed by atoms with Gasteiger partial charge in [0.1, 0.15) is 5.82 Å². The smallest absolute Gasteiger partial charge is 0.358 e. The van der Waals surface area contributed by atoms with E-state index in [0.717, 1.165) is 17.5 Å². The molecule has 19 heavy (non-hydrogen) atoms. The van der Waals surface area contributed by atoms with Gasteiger partial charge in [-0.25, -0.2) is 19.0 Å². The van der Waals surface area contributed by atoms with Crippen LogP contribution in [0.4, 0.5) is 0 Å². The van der Waals surface area contributed by atoms with E-state index in [1.807, 2.05) is 13.8 Å². The van der Waals surface area contributed by atoms with Crippen molar-refractivity contribution in [2.75, 3.05) is 0 Å². The SMILES string of the molecule is CCC(CC)c1nc(C(=O)O)c2nnn(C)c(=O)n12. The van der Waals surface area contributed by atoms with Crippen LogP contribution in [0.2, 0.25) is 0 Å². The van der Waals surface area contributed by atoms with Crippen molar-refractivity contribution in [2.45, 2.75) is 32.6 Å². The first-order chi connectivity index (χ1) is 9.01. The zero-order valence-corrected chi connectivity index (χ0v) is 11.0. The molecule has 0 aliphatic carbocycles. The van der Waals surface area contributed by atoms with Crippen LogP contribution in [0.25, 0.3) is 5.65 Å². The molecular formula is C11H15N5O3. The maximum absolute atomic E-state index is 12.1. The van der Waals surface area contributed by atoms with Crippen molar-refractivity contribution in [2.24, 2.45) is 7.05 Å². The number of carboxylic acids is 1. The summed E-state index contributed by atoms with van der Waals surface area (Å²) in [6.45, 7) is 3.93. The molecule has 0 bridgehead atoms. The second-order valence-corrected chi connectivity index (χ2v) is 4.29. The van der Waals surface area contributed by atoms with Crippen molar-refractivity contribution in [1.29, 1.82) is 0 Å². The molecule has 0 atom stereocenters. The van der Waals surface area contributed by atoms with Crippen LogP contribution < -0.4 is 5.69 Å². The van der Waals surface area contributed by atoms with E-state index >= 15 is 0 Å². The molecule has 8 heteroatoms. The minimum atomic E-state index is -1.21. The topological polar surface area (TPSA) is 102 Å². The fourth-order valence-corrected chi connectivity index (χ4v) is 2.07. The molecule has 0 fully saturated rings. The van der Waals surface area contributed by atoms with Crippen molar-refractivity contribution in [3.05, 3.63) is 22.0 Å². The molecule has 0 aliphatic rings. The number of hydrogen-bond donors (Lipinski definition) is 1. The second kappa shape index (κ2) is 4.79. The van der Waals surface area contributed by atoms with Gasteiger partial charge in [-0.3, -0.25) is 0 Å². The third kappa shape index (κ3) is 1.98. The standard InChI is InChI=1S/C11H15N5O3/c1-4-6(5-2)8-12-7(10(17)18)9-13-14-15(3)11(19)16(8)9/h6H,4-5H2,1-3H3,(H,17,18). The van der Waals surface area contributed by atoms with Crippen molar-refractivity contribution in [1.82, 2.24) is 24.4 Å². The predicted molar refractivity (Wildman–Crippen MR) is 66.3 cm³/mol. The lowest BCUT2D eigenvalue weighted by molar-refractivity contribution is 0.0692. The molecule has 1 N–H and O–H groups in total. The summed E-state index contributed by atoms with van der Waals surface area (Å²) in [6, 6.07) is 0. The average molecular weight is 265 g/mol. The highest BCUT2D eigenvalue weighted by atomic mass is 16.4. The number of carbonyl (C=O) groups is 1. The Balaban J connectivity index is 2.87. The highest BCUT2D eigenvalue weighted by molar-refractivity contribution is 5.92. The largest absolute Gasteiger partial charge is 0.476 e. The minimum absolute atomic E-state index is 0.00231. The zero-order chi connectivity index (χ0) is 14.2. The van der Waals surface area contributed by atoms with E-state index in [1.165, 1.54) is 11.4 Å². The number of aromatic nitrogens is 5. The van der Waals surface area contributed by atoms with Gasteiger partial charge >= 0.3 is 11.7 Å². The molecule has 0 amide bonds. The highest BCUT2D eigenvalue weighted by Crippen LogP contribution is 2.22. The Labute approximate surface area is 108 Å². The molecule has 0 saturated heterocycles. The lowest BCUT2D eigenvalue weighted by Gasteiger charge is -2.10. The fraction of sp³-hybridized carbons (Fsp3) is 0.545. The summed E-state index contributed by atoms with van der Waals surface area (Å²) in [5, 5.41) is 16.5. The minimum Gasteiger partial charge on any atom is -0.476 e. The molecule has 2 heterocycles. The lowest BCUT2D eigenvalue weighted by atomic mass is 10.0. The predicted octanol–water partition coefficient (Wildman–Crippen LogP) is 0.425. The van der Waals surface area contributed by atoms with Gasteiger partial charge in [-0.2, -0.15) is 4.68 Å². The zero-order valence-electron chi connectivity index (χ0n) is 11.0. The maximum atomic E-state index is 12.1. The van der Waals surface area contributed by atoms with Crippen LogP contribution in [-0.4, -0.2) is 35.5 Å². The number of carboxylic acid groups (broad SMARTS) is 1. The van der Waals surface area contributed by atoms with Gasteiger partial charge in [0.2, 0.25) is 0 Å². The van der Waals surface area contributed by atoms with Crippen LogP contribution in [-0.2, 0) is 7.05 Å². The first-order valence-corrected chi connectivity index (χ1v) is 6.06. The number of aromatic carboxylic acids is 1. The lowest BCUT2D eigenvalue weighted by Crippen LogP contribution is -2.29. The molecule has 2 aromatic heterocycles. The summed E-state index contributed by atoms with van der Waals surface area (Å²) in [5.41, 5.74) is -0.670. The van der Waals surface area contributed by atoms with Gasteiger partial charge in [0.05, 0.1) is 0 Å². The fourth-order valence-electron chi connectivity index (χ4n) is 2.07. The number of rotatable bonds is 4. The van der Waals surface area contributed by atoms with Gasteiger partial charge in [-0.15, -0.1) is 5.10 Å². The van der Waals surface area contributed by atoms with Gasteiger partial charge in [0.15, 0.2) is 11.3 Å². The van der Waals surface area contributed by atoms with Crippen LogP contribution in [0.3, 0.4) is 0 Å². The Kier molecular flexibility index (Phi) is 3.32. The normalized spacial score (nSPS) is 11.4. The summed E-state index contributed by atoms with van der Waals surface area (Å²) in [6.07, 6.45) is 1.53. The monoisotopic (exact) mass is 265 g/mol. The van der Waals surface area contributed by atoms with E-state index < -0.39 is 11.7 Å².